The molecule has 1 aliphatic rings. The first kappa shape index (κ1) is 24.0. The van der Waals surface area contributed by atoms with E-state index in [4.69, 9.17) is 4.74 Å². The first-order valence-electron chi connectivity index (χ1n) is 10.9. The molecule has 0 N–H and O–H groups in total. The van der Waals surface area contributed by atoms with E-state index >= 15 is 0 Å². The maximum Gasteiger partial charge on any atom is 0.257 e. The van der Waals surface area contributed by atoms with Gasteiger partial charge in [-0.3, -0.25) is 14.3 Å². The Morgan fingerprint density at radius 2 is 1.67 bits per heavy atom. The fourth-order valence-corrected chi connectivity index (χ4v) is 5.03. The molecule has 0 spiro atoms. The van der Waals surface area contributed by atoms with Gasteiger partial charge in [-0.05, 0) is 45.7 Å². The molecule has 0 bridgehead atoms. The normalized spacial score (nSPS) is 17.9. The predicted molar refractivity (Wildman–Crippen MR) is 126 cm³/mol. The molecule has 3 atom stereocenters. The number of hydrogen-bond acceptors (Lipinski definition) is 5. The number of halogens is 3. The Kier molecular flexibility index (Phi) is 6.23. The van der Waals surface area contributed by atoms with E-state index in [0.29, 0.717) is 28.6 Å². The summed E-state index contributed by atoms with van der Waals surface area (Å²) >= 11 is -2.24. The SMILES string of the molecule is O=[N+]([O-])C1Cc2c(ccc3ccc(-c4cccc(CS(=O)[O-])c4)cc23)OC1c1cc(F)c(F)cc1F. The minimum Gasteiger partial charge on any atom is -0.772 e. The number of benzene rings is 4. The third-order valence-electron chi connectivity index (χ3n) is 6.27. The van der Waals surface area contributed by atoms with Gasteiger partial charge < -0.3 is 9.29 Å². The predicted octanol–water partition coefficient (Wildman–Crippen LogP) is 5.62. The highest BCUT2D eigenvalue weighted by atomic mass is 32.2. The van der Waals surface area contributed by atoms with Crippen LogP contribution in [0.25, 0.3) is 21.9 Å². The monoisotopic (exact) mass is 512 g/mol. The second-order valence-electron chi connectivity index (χ2n) is 8.51. The van der Waals surface area contributed by atoms with Crippen molar-refractivity contribution in [3.05, 3.63) is 111 Å². The lowest BCUT2D eigenvalue weighted by Gasteiger charge is -2.30. The summed E-state index contributed by atoms with van der Waals surface area (Å²) in [6.07, 6.45) is -1.57. The van der Waals surface area contributed by atoms with E-state index in [-0.39, 0.29) is 17.9 Å². The maximum absolute atomic E-state index is 14.5. The third kappa shape index (κ3) is 4.45. The minimum absolute atomic E-state index is 0.124. The van der Waals surface area contributed by atoms with Crippen molar-refractivity contribution in [1.82, 2.24) is 0 Å². The fourth-order valence-electron chi connectivity index (χ4n) is 4.58. The van der Waals surface area contributed by atoms with Gasteiger partial charge in [0.05, 0.1) is 0 Å². The Morgan fingerprint density at radius 1 is 0.944 bits per heavy atom. The van der Waals surface area contributed by atoms with Crippen molar-refractivity contribution in [2.24, 2.45) is 0 Å². The van der Waals surface area contributed by atoms with Gasteiger partial charge in [-0.1, -0.05) is 53.5 Å². The second kappa shape index (κ2) is 9.36. The Bertz CT molecular complexity index is 1540. The molecule has 10 heteroatoms. The van der Waals surface area contributed by atoms with E-state index in [2.05, 4.69) is 0 Å². The van der Waals surface area contributed by atoms with E-state index in [1.807, 2.05) is 24.3 Å². The molecular weight excluding hydrogens is 495 g/mol. The molecule has 0 aromatic heterocycles. The molecule has 1 heterocycles. The number of nitrogens with zero attached hydrogens (tertiary/aromatic N) is 1. The molecule has 3 unspecified atom stereocenters. The average Bonchev–Trinajstić information content (AvgIpc) is 2.84. The summed E-state index contributed by atoms with van der Waals surface area (Å²) in [4.78, 5) is 11.3. The van der Waals surface area contributed by atoms with E-state index in [9.17, 15) is 32.0 Å². The van der Waals surface area contributed by atoms with Gasteiger partial charge in [-0.2, -0.15) is 0 Å². The summed E-state index contributed by atoms with van der Waals surface area (Å²) in [5.74, 6) is -3.70. The lowest BCUT2D eigenvalue weighted by atomic mass is 9.88. The number of ether oxygens (including phenoxy) is 1. The highest BCUT2D eigenvalue weighted by Crippen LogP contribution is 2.41. The zero-order valence-corrected chi connectivity index (χ0v) is 19.3. The van der Waals surface area contributed by atoms with Gasteiger partial charge in [0.2, 0.25) is 0 Å². The van der Waals surface area contributed by atoms with Gasteiger partial charge in [-0.25, -0.2) is 13.2 Å². The van der Waals surface area contributed by atoms with Crippen LogP contribution < -0.4 is 4.74 Å². The Hall–Kier alpha value is -3.76. The van der Waals surface area contributed by atoms with Crippen molar-refractivity contribution in [2.75, 3.05) is 0 Å². The van der Waals surface area contributed by atoms with Crippen LogP contribution in [0.3, 0.4) is 0 Å². The minimum atomic E-state index is -2.24. The molecule has 5 rings (SSSR count). The van der Waals surface area contributed by atoms with Gasteiger partial charge in [-0.15, -0.1) is 0 Å². The van der Waals surface area contributed by atoms with E-state index in [1.54, 1.807) is 30.3 Å². The number of rotatable bonds is 5. The lowest BCUT2D eigenvalue weighted by Crippen LogP contribution is -2.37. The zero-order valence-electron chi connectivity index (χ0n) is 18.5. The molecule has 36 heavy (non-hydrogen) atoms. The largest absolute Gasteiger partial charge is 0.772 e. The quantitative estimate of drug-likeness (QED) is 0.150. The Morgan fingerprint density at radius 3 is 2.42 bits per heavy atom. The molecule has 4 aromatic rings. The molecule has 4 aromatic carbocycles. The Balaban J connectivity index is 1.60. The topological polar surface area (TPSA) is 92.5 Å². The lowest BCUT2D eigenvalue weighted by molar-refractivity contribution is -0.535. The molecule has 0 fully saturated rings. The van der Waals surface area contributed by atoms with E-state index < -0.39 is 51.2 Å². The maximum atomic E-state index is 14.5. The molecule has 0 saturated heterocycles. The second-order valence-corrected chi connectivity index (χ2v) is 9.41. The van der Waals surface area contributed by atoms with Crippen molar-refractivity contribution >= 4 is 21.9 Å². The smallest absolute Gasteiger partial charge is 0.257 e. The molecule has 0 saturated carbocycles. The highest BCUT2D eigenvalue weighted by Gasteiger charge is 2.42. The van der Waals surface area contributed by atoms with Crippen LogP contribution in [0.1, 0.15) is 22.8 Å². The van der Waals surface area contributed by atoms with Crippen LogP contribution in [0.15, 0.2) is 66.7 Å². The summed E-state index contributed by atoms with van der Waals surface area (Å²) in [5, 5.41) is 13.4. The van der Waals surface area contributed by atoms with Crippen molar-refractivity contribution in [3.63, 3.8) is 0 Å². The molecule has 0 radical (unpaired) electrons. The Labute approximate surface area is 205 Å². The first-order chi connectivity index (χ1) is 17.2. The van der Waals surface area contributed by atoms with Gasteiger partial charge in [0.25, 0.3) is 6.04 Å². The van der Waals surface area contributed by atoms with E-state index in [1.165, 1.54) is 0 Å². The molecule has 6 nitrogen and oxygen atoms in total. The zero-order chi connectivity index (χ0) is 25.6. The molecule has 0 amide bonds. The van der Waals surface area contributed by atoms with Crippen molar-refractivity contribution in [3.8, 4) is 16.9 Å². The summed E-state index contributed by atoms with van der Waals surface area (Å²) in [7, 11) is 0. The average molecular weight is 512 g/mol. The molecular formula is C26H17F3NO5S-. The standard InChI is InChI=1S/C26H18F3NO5S/c27-21-12-23(29)22(28)10-20(21)26-24(30(31)32)11-19-18-9-17(5-4-15(18)6-7-25(19)35-26)16-3-1-2-14(8-16)13-36(33)34/h1-10,12,24,26H,11,13H2,(H,33,34)/p-1. The van der Waals surface area contributed by atoms with Crippen LogP contribution in [0.4, 0.5) is 13.2 Å². The van der Waals surface area contributed by atoms with E-state index in [0.717, 1.165) is 16.5 Å². The molecule has 1 aliphatic heterocycles. The van der Waals surface area contributed by atoms with Crippen LogP contribution in [-0.2, 0) is 23.3 Å². The van der Waals surface area contributed by atoms with Crippen LogP contribution in [0, 0.1) is 27.6 Å². The fraction of sp³-hybridized carbons (Fsp3) is 0.154. The van der Waals surface area contributed by atoms with Crippen molar-refractivity contribution < 1.29 is 31.6 Å². The van der Waals surface area contributed by atoms with Gasteiger partial charge in [0.15, 0.2) is 17.7 Å². The first-order valence-corrected chi connectivity index (χ1v) is 12.1. The van der Waals surface area contributed by atoms with Crippen molar-refractivity contribution in [2.45, 2.75) is 24.3 Å². The van der Waals surface area contributed by atoms with Gasteiger partial charge >= 0.3 is 0 Å². The summed E-state index contributed by atoms with van der Waals surface area (Å²) < 4.78 is 69.8. The van der Waals surface area contributed by atoms with Crippen molar-refractivity contribution in [1.29, 1.82) is 0 Å². The third-order valence-corrected chi connectivity index (χ3v) is 6.84. The number of fused-ring (bicyclic) bond motifs is 3. The van der Waals surface area contributed by atoms with Crippen LogP contribution in [0.2, 0.25) is 0 Å². The van der Waals surface area contributed by atoms with Gasteiger partial charge in [0.1, 0.15) is 11.6 Å². The molecule has 184 valence electrons. The number of nitro groups is 1. The summed E-state index contributed by atoms with van der Waals surface area (Å²) in [6.45, 7) is 0. The van der Waals surface area contributed by atoms with Gasteiger partial charge in [0, 0.05) is 34.3 Å². The van der Waals surface area contributed by atoms with Crippen LogP contribution in [0.5, 0.6) is 5.75 Å². The summed E-state index contributed by atoms with van der Waals surface area (Å²) in [6, 6.07) is 15.4. The van der Waals surface area contributed by atoms with Crippen LogP contribution >= 0.6 is 0 Å². The summed E-state index contributed by atoms with van der Waals surface area (Å²) in [5.41, 5.74) is 2.25. The van der Waals surface area contributed by atoms with Crippen LogP contribution in [-0.4, -0.2) is 19.7 Å². The molecule has 0 aliphatic carbocycles. The number of hydrogen-bond donors (Lipinski definition) is 0. The highest BCUT2D eigenvalue weighted by molar-refractivity contribution is 7.78.